The van der Waals surface area contributed by atoms with Gasteiger partial charge in [0, 0.05) is 12.3 Å². The summed E-state index contributed by atoms with van der Waals surface area (Å²) >= 11 is 17.6. The number of halogens is 3. The number of rotatable bonds is 5. The molecule has 2 aromatic rings. The van der Waals surface area contributed by atoms with Crippen LogP contribution in [-0.2, 0) is 14.3 Å². The van der Waals surface area contributed by atoms with Gasteiger partial charge >= 0.3 is 5.97 Å². The van der Waals surface area contributed by atoms with Gasteiger partial charge in [0.1, 0.15) is 0 Å². The quantitative estimate of drug-likeness (QED) is 0.452. The van der Waals surface area contributed by atoms with Gasteiger partial charge in [-0.2, -0.15) is 0 Å². The van der Waals surface area contributed by atoms with Gasteiger partial charge in [0.15, 0.2) is 11.3 Å². The maximum absolute atomic E-state index is 12.0. The van der Waals surface area contributed by atoms with E-state index < -0.39 is 18.0 Å². The molecule has 0 fully saturated rings. The molecule has 1 heterocycles. The SMILES string of the molecule is C[C@H](OC(=O)/C=C/c1ccc(Cl)c(Cl)c1)C(=O)Nc1cccnc1Cl. The molecule has 1 aromatic heterocycles. The highest BCUT2D eigenvalue weighted by Crippen LogP contribution is 2.23. The summed E-state index contributed by atoms with van der Waals surface area (Å²) in [6.07, 6.45) is 3.19. The largest absolute Gasteiger partial charge is 0.449 e. The minimum Gasteiger partial charge on any atom is -0.449 e. The van der Waals surface area contributed by atoms with E-state index in [9.17, 15) is 9.59 Å². The number of pyridine rings is 1. The first kappa shape index (κ1) is 19.2. The van der Waals surface area contributed by atoms with E-state index in [1.807, 2.05) is 0 Å². The van der Waals surface area contributed by atoms with Gasteiger partial charge in [0.2, 0.25) is 0 Å². The third-order valence-electron chi connectivity index (χ3n) is 3.03. The predicted octanol–water partition coefficient (Wildman–Crippen LogP) is 4.63. The average Bonchev–Trinajstić information content (AvgIpc) is 2.58. The highest BCUT2D eigenvalue weighted by Gasteiger charge is 2.17. The van der Waals surface area contributed by atoms with Crippen molar-refractivity contribution in [2.45, 2.75) is 13.0 Å². The van der Waals surface area contributed by atoms with E-state index in [1.54, 1.807) is 30.3 Å². The van der Waals surface area contributed by atoms with Gasteiger partial charge in [-0.05, 0) is 42.8 Å². The summed E-state index contributed by atoms with van der Waals surface area (Å²) < 4.78 is 5.04. The minimum atomic E-state index is -1.01. The van der Waals surface area contributed by atoms with Gasteiger partial charge in [-0.1, -0.05) is 40.9 Å². The zero-order valence-corrected chi connectivity index (χ0v) is 15.3. The van der Waals surface area contributed by atoms with E-state index in [2.05, 4.69) is 10.3 Å². The number of carbonyl (C=O) groups excluding carboxylic acids is 2. The molecule has 1 atom stereocenters. The van der Waals surface area contributed by atoms with E-state index in [1.165, 1.54) is 25.3 Å². The minimum absolute atomic E-state index is 0.147. The Morgan fingerprint density at radius 1 is 1.20 bits per heavy atom. The van der Waals surface area contributed by atoms with Crippen molar-refractivity contribution in [1.82, 2.24) is 4.98 Å². The van der Waals surface area contributed by atoms with Crippen LogP contribution in [0.25, 0.3) is 6.08 Å². The molecule has 1 amide bonds. The van der Waals surface area contributed by atoms with Crippen LogP contribution in [0.4, 0.5) is 5.69 Å². The molecule has 1 N–H and O–H groups in total. The molecule has 8 heteroatoms. The molecule has 0 aliphatic heterocycles. The molecule has 0 saturated heterocycles. The highest BCUT2D eigenvalue weighted by molar-refractivity contribution is 6.42. The number of nitrogens with zero attached hydrogens (tertiary/aromatic N) is 1. The first-order valence-corrected chi connectivity index (χ1v) is 8.25. The fourth-order valence-electron chi connectivity index (χ4n) is 1.76. The number of nitrogens with one attached hydrogen (secondary N) is 1. The normalized spacial score (nSPS) is 12.0. The van der Waals surface area contributed by atoms with Crippen molar-refractivity contribution in [3.05, 3.63) is 63.4 Å². The van der Waals surface area contributed by atoms with Crippen molar-refractivity contribution < 1.29 is 14.3 Å². The van der Waals surface area contributed by atoms with Gasteiger partial charge < -0.3 is 10.1 Å². The van der Waals surface area contributed by atoms with Crippen LogP contribution in [0.15, 0.2) is 42.6 Å². The first-order chi connectivity index (χ1) is 11.9. The Morgan fingerprint density at radius 3 is 2.64 bits per heavy atom. The third-order valence-corrected chi connectivity index (χ3v) is 4.07. The first-order valence-electron chi connectivity index (χ1n) is 7.12. The Balaban J connectivity index is 1.92. The molecule has 0 spiro atoms. The molecule has 0 bridgehead atoms. The molecular formula is C17H13Cl3N2O3. The smallest absolute Gasteiger partial charge is 0.331 e. The Bertz CT molecular complexity index is 825. The van der Waals surface area contributed by atoms with Crippen molar-refractivity contribution in [1.29, 1.82) is 0 Å². The highest BCUT2D eigenvalue weighted by atomic mass is 35.5. The summed E-state index contributed by atoms with van der Waals surface area (Å²) in [5, 5.41) is 3.47. The third kappa shape index (κ3) is 5.74. The molecule has 25 heavy (non-hydrogen) atoms. The zero-order valence-electron chi connectivity index (χ0n) is 13.0. The van der Waals surface area contributed by atoms with Crippen LogP contribution in [0.5, 0.6) is 0 Å². The van der Waals surface area contributed by atoms with E-state index >= 15 is 0 Å². The Labute approximate surface area is 159 Å². The molecule has 0 aliphatic carbocycles. The number of benzene rings is 1. The lowest BCUT2D eigenvalue weighted by molar-refractivity contribution is -0.148. The number of aromatic nitrogens is 1. The van der Waals surface area contributed by atoms with Crippen LogP contribution in [0.3, 0.4) is 0 Å². The van der Waals surface area contributed by atoms with E-state index in [0.29, 0.717) is 21.3 Å². The summed E-state index contributed by atoms with van der Waals surface area (Å²) in [4.78, 5) is 27.7. The second-order valence-electron chi connectivity index (χ2n) is 4.92. The van der Waals surface area contributed by atoms with Gasteiger partial charge in [-0.25, -0.2) is 9.78 Å². The van der Waals surface area contributed by atoms with Crippen molar-refractivity contribution in [3.8, 4) is 0 Å². The van der Waals surface area contributed by atoms with Crippen molar-refractivity contribution >= 4 is 58.4 Å². The predicted molar refractivity (Wildman–Crippen MR) is 98.9 cm³/mol. The number of amides is 1. The molecular weight excluding hydrogens is 387 g/mol. The lowest BCUT2D eigenvalue weighted by atomic mass is 10.2. The van der Waals surface area contributed by atoms with Crippen LogP contribution in [0, 0.1) is 0 Å². The number of anilines is 1. The lowest BCUT2D eigenvalue weighted by Gasteiger charge is -2.12. The summed E-state index contributed by atoms with van der Waals surface area (Å²) in [6, 6.07) is 8.12. The Hall–Kier alpha value is -2.08. The standard InChI is InChI=1S/C17H13Cl3N2O3/c1-10(17(24)22-14-3-2-8-21-16(14)20)25-15(23)7-5-11-4-6-12(18)13(19)9-11/h2-10H,1H3,(H,22,24)/b7-5+/t10-/m0/s1. The Kier molecular flexibility index (Phi) is 6.82. The average molecular weight is 400 g/mol. The summed E-state index contributed by atoms with van der Waals surface area (Å²) in [6.45, 7) is 1.45. The fourth-order valence-corrected chi connectivity index (χ4v) is 2.23. The number of hydrogen-bond donors (Lipinski definition) is 1. The van der Waals surface area contributed by atoms with E-state index in [4.69, 9.17) is 39.5 Å². The van der Waals surface area contributed by atoms with Crippen LogP contribution >= 0.6 is 34.8 Å². The zero-order chi connectivity index (χ0) is 18.4. The number of carbonyl (C=O) groups is 2. The van der Waals surface area contributed by atoms with Crippen LogP contribution < -0.4 is 5.32 Å². The molecule has 1 aromatic carbocycles. The summed E-state index contributed by atoms with van der Waals surface area (Å²) in [5.74, 6) is -1.20. The van der Waals surface area contributed by atoms with Crippen molar-refractivity contribution in [2.75, 3.05) is 5.32 Å². The molecule has 130 valence electrons. The molecule has 0 aliphatic rings. The number of hydrogen-bond acceptors (Lipinski definition) is 4. The van der Waals surface area contributed by atoms with Gasteiger partial charge in [-0.3, -0.25) is 4.79 Å². The second-order valence-corrected chi connectivity index (χ2v) is 6.09. The Morgan fingerprint density at radius 2 is 1.96 bits per heavy atom. The van der Waals surface area contributed by atoms with Gasteiger partial charge in [-0.15, -0.1) is 0 Å². The molecule has 0 unspecified atom stereocenters. The van der Waals surface area contributed by atoms with E-state index in [-0.39, 0.29) is 5.15 Å². The topological polar surface area (TPSA) is 68.3 Å². The maximum Gasteiger partial charge on any atom is 0.331 e. The lowest BCUT2D eigenvalue weighted by Crippen LogP contribution is -2.29. The summed E-state index contributed by atoms with van der Waals surface area (Å²) in [5.41, 5.74) is 1.01. The molecule has 5 nitrogen and oxygen atoms in total. The number of esters is 1. The van der Waals surface area contributed by atoms with Crippen molar-refractivity contribution in [3.63, 3.8) is 0 Å². The number of ether oxygens (including phenoxy) is 1. The molecule has 0 saturated carbocycles. The fraction of sp³-hybridized carbons (Fsp3) is 0.118. The van der Waals surface area contributed by atoms with Gasteiger partial charge in [0.05, 0.1) is 15.7 Å². The van der Waals surface area contributed by atoms with Gasteiger partial charge in [0.25, 0.3) is 5.91 Å². The second kappa shape index (κ2) is 8.85. The summed E-state index contributed by atoms with van der Waals surface area (Å²) in [7, 11) is 0. The molecule has 2 rings (SSSR count). The van der Waals surface area contributed by atoms with Crippen LogP contribution in [-0.4, -0.2) is 23.0 Å². The van der Waals surface area contributed by atoms with Crippen LogP contribution in [0.1, 0.15) is 12.5 Å². The monoisotopic (exact) mass is 398 g/mol. The van der Waals surface area contributed by atoms with E-state index in [0.717, 1.165) is 0 Å². The maximum atomic E-state index is 12.0. The van der Waals surface area contributed by atoms with Crippen LogP contribution in [0.2, 0.25) is 15.2 Å². The van der Waals surface area contributed by atoms with Crippen molar-refractivity contribution in [2.24, 2.45) is 0 Å². The molecule has 0 radical (unpaired) electrons.